The van der Waals surface area contributed by atoms with Gasteiger partial charge < -0.3 is 14.1 Å². The summed E-state index contributed by atoms with van der Waals surface area (Å²) in [6.07, 6.45) is 0.519. The molecule has 5 rings (SSSR count). The average Bonchev–Trinajstić information content (AvgIpc) is 2.78. The zero-order valence-corrected chi connectivity index (χ0v) is 18.2. The fourth-order valence-electron chi connectivity index (χ4n) is 4.21. The molecule has 0 aliphatic carbocycles. The normalized spacial score (nSPS) is 13.2. The third-order valence-electron chi connectivity index (χ3n) is 5.88. The van der Waals surface area contributed by atoms with Crippen LogP contribution >= 0.6 is 11.6 Å². The Morgan fingerprint density at radius 2 is 1.84 bits per heavy atom. The highest BCUT2D eigenvalue weighted by Gasteiger charge is 2.26. The Hall–Kier alpha value is -3.24. The minimum Gasteiger partial charge on any atom is -0.471 e. The summed E-state index contributed by atoms with van der Waals surface area (Å²) in [4.78, 5) is 15.1. The van der Waals surface area contributed by atoms with Gasteiger partial charge in [-0.15, -0.1) is 0 Å². The summed E-state index contributed by atoms with van der Waals surface area (Å²) in [5.41, 5.74) is 5.89. The minimum atomic E-state index is -0.314. The van der Waals surface area contributed by atoms with Crippen molar-refractivity contribution in [2.24, 2.45) is 0 Å². The zero-order chi connectivity index (χ0) is 21.5. The van der Waals surface area contributed by atoms with Gasteiger partial charge >= 0.3 is 5.63 Å². The van der Waals surface area contributed by atoms with E-state index < -0.39 is 0 Å². The van der Waals surface area contributed by atoms with Crippen LogP contribution in [0.4, 0.5) is 5.69 Å². The Morgan fingerprint density at radius 3 is 2.61 bits per heavy atom. The lowest BCUT2D eigenvalue weighted by atomic mass is 9.97. The van der Waals surface area contributed by atoms with E-state index in [1.165, 1.54) is 5.56 Å². The van der Waals surface area contributed by atoms with Crippen LogP contribution in [0.5, 0.6) is 5.75 Å². The van der Waals surface area contributed by atoms with E-state index in [1.54, 1.807) is 0 Å². The first-order chi connectivity index (χ1) is 15.0. The number of hydrogen-bond acceptors (Lipinski definition) is 4. The van der Waals surface area contributed by atoms with E-state index in [0.717, 1.165) is 27.8 Å². The van der Waals surface area contributed by atoms with Crippen LogP contribution in [0.25, 0.3) is 11.0 Å². The van der Waals surface area contributed by atoms with E-state index >= 15 is 0 Å². The van der Waals surface area contributed by atoms with Gasteiger partial charge in [-0.1, -0.05) is 54.1 Å². The van der Waals surface area contributed by atoms with Crippen molar-refractivity contribution < 1.29 is 9.15 Å². The molecule has 1 aromatic heterocycles. The van der Waals surface area contributed by atoms with Gasteiger partial charge in [0, 0.05) is 23.1 Å². The monoisotopic (exact) mass is 431 g/mol. The van der Waals surface area contributed by atoms with Crippen LogP contribution < -0.4 is 15.3 Å². The van der Waals surface area contributed by atoms with Crippen LogP contribution in [0.2, 0.25) is 5.02 Å². The summed E-state index contributed by atoms with van der Waals surface area (Å²) in [5.74, 6) is 0.594. The van der Waals surface area contributed by atoms with Crippen molar-refractivity contribution in [2.75, 3.05) is 11.6 Å². The number of hydrogen-bond donors (Lipinski definition) is 0. The molecule has 0 fully saturated rings. The van der Waals surface area contributed by atoms with E-state index in [1.807, 2.05) is 55.5 Å². The summed E-state index contributed by atoms with van der Waals surface area (Å²) in [7, 11) is 0. The Balaban J connectivity index is 1.63. The first-order valence-corrected chi connectivity index (χ1v) is 10.6. The smallest absolute Gasteiger partial charge is 0.340 e. The summed E-state index contributed by atoms with van der Waals surface area (Å²) < 4.78 is 11.9. The van der Waals surface area contributed by atoms with Gasteiger partial charge in [0.1, 0.15) is 11.3 Å². The first kappa shape index (κ1) is 19.7. The van der Waals surface area contributed by atoms with Crippen molar-refractivity contribution >= 4 is 28.3 Å². The van der Waals surface area contributed by atoms with Gasteiger partial charge in [0.15, 0.2) is 6.73 Å². The highest BCUT2D eigenvalue weighted by Crippen LogP contribution is 2.40. The second-order valence-corrected chi connectivity index (χ2v) is 8.42. The quantitative estimate of drug-likeness (QED) is 0.372. The van der Waals surface area contributed by atoms with Gasteiger partial charge in [-0.2, -0.15) is 0 Å². The lowest BCUT2D eigenvalue weighted by Gasteiger charge is -2.32. The Morgan fingerprint density at radius 1 is 1.03 bits per heavy atom. The number of fused-ring (bicyclic) bond motifs is 3. The molecule has 0 saturated heterocycles. The fraction of sp³-hybridized carbons (Fsp3) is 0.192. The molecule has 0 radical (unpaired) electrons. The number of halogens is 1. The molecular formula is C26H22ClNO3. The highest BCUT2D eigenvalue weighted by atomic mass is 35.5. The predicted octanol–water partition coefficient (Wildman–Crippen LogP) is 6.01. The molecule has 0 unspecified atom stereocenters. The van der Waals surface area contributed by atoms with Crippen molar-refractivity contribution in [3.63, 3.8) is 0 Å². The molecule has 1 aliphatic rings. The molecule has 0 N–H and O–H groups in total. The fourth-order valence-corrected chi connectivity index (χ4v) is 4.48. The molecule has 0 amide bonds. The maximum atomic E-state index is 13.0. The first-order valence-electron chi connectivity index (χ1n) is 10.3. The van der Waals surface area contributed by atoms with Crippen LogP contribution in [0.3, 0.4) is 0 Å². The van der Waals surface area contributed by atoms with Crippen molar-refractivity contribution in [3.05, 3.63) is 104 Å². The molecule has 2 heterocycles. The van der Waals surface area contributed by atoms with Crippen LogP contribution in [-0.2, 0) is 13.0 Å². The molecule has 4 nitrogen and oxygen atoms in total. The minimum absolute atomic E-state index is 0.314. The Bertz CT molecular complexity index is 1340. The number of ether oxygens (including phenoxy) is 1. The van der Waals surface area contributed by atoms with Gasteiger partial charge in [-0.3, -0.25) is 0 Å². The van der Waals surface area contributed by atoms with E-state index in [9.17, 15) is 4.79 Å². The Kier molecular flexibility index (Phi) is 4.95. The van der Waals surface area contributed by atoms with E-state index in [0.29, 0.717) is 41.6 Å². The number of rotatable bonds is 3. The number of aryl methyl sites for hydroxylation is 2. The molecule has 0 spiro atoms. The summed E-state index contributed by atoms with van der Waals surface area (Å²) in [6.45, 7) is 4.96. The molecule has 0 bridgehead atoms. The van der Waals surface area contributed by atoms with Gasteiger partial charge in [0.2, 0.25) is 0 Å². The topological polar surface area (TPSA) is 42.7 Å². The highest BCUT2D eigenvalue weighted by molar-refractivity contribution is 6.33. The molecule has 1 aliphatic heterocycles. The second-order valence-electron chi connectivity index (χ2n) is 8.01. The molecule has 31 heavy (non-hydrogen) atoms. The van der Waals surface area contributed by atoms with Crippen molar-refractivity contribution in [2.45, 2.75) is 26.8 Å². The maximum Gasteiger partial charge on any atom is 0.340 e. The summed E-state index contributed by atoms with van der Waals surface area (Å²) >= 11 is 6.60. The van der Waals surface area contributed by atoms with Crippen LogP contribution in [-0.4, -0.2) is 6.73 Å². The molecule has 3 aromatic carbocycles. The van der Waals surface area contributed by atoms with E-state index in [-0.39, 0.29) is 5.63 Å². The lowest BCUT2D eigenvalue weighted by molar-refractivity contribution is 0.289. The van der Waals surface area contributed by atoms with Crippen LogP contribution in [0.1, 0.15) is 27.8 Å². The lowest BCUT2D eigenvalue weighted by Crippen LogP contribution is -2.32. The van der Waals surface area contributed by atoms with Crippen LogP contribution in [0.15, 0.2) is 69.9 Å². The van der Waals surface area contributed by atoms with Crippen molar-refractivity contribution in [1.29, 1.82) is 0 Å². The molecule has 0 atom stereocenters. The standard InChI is InChI=1S/C26H22ClNO3/c1-16-7-6-10-19(11-16)28-14-22-24-20(13-23(27)25(22)30-15-28)17(2)21(26(29)31-24)12-18-8-4-3-5-9-18/h3-11,13H,12,14-15H2,1-2H3. The zero-order valence-electron chi connectivity index (χ0n) is 17.4. The van der Waals surface area contributed by atoms with Crippen molar-refractivity contribution in [1.82, 2.24) is 0 Å². The largest absolute Gasteiger partial charge is 0.471 e. The van der Waals surface area contributed by atoms with E-state index in [4.69, 9.17) is 20.8 Å². The molecule has 0 saturated carbocycles. The number of benzene rings is 3. The number of anilines is 1. The van der Waals surface area contributed by atoms with Gasteiger partial charge in [-0.25, -0.2) is 4.79 Å². The predicted molar refractivity (Wildman–Crippen MR) is 124 cm³/mol. The Labute approximate surface area is 185 Å². The number of nitrogens with zero attached hydrogens (tertiary/aromatic N) is 1. The summed E-state index contributed by atoms with van der Waals surface area (Å²) in [6, 6.07) is 20.0. The van der Waals surface area contributed by atoms with E-state index in [2.05, 4.69) is 24.0 Å². The maximum absolute atomic E-state index is 13.0. The molecule has 5 heteroatoms. The molecule has 4 aromatic rings. The summed E-state index contributed by atoms with van der Waals surface area (Å²) in [5, 5.41) is 1.39. The van der Waals surface area contributed by atoms with Crippen LogP contribution in [0, 0.1) is 13.8 Å². The van der Waals surface area contributed by atoms with Crippen molar-refractivity contribution in [3.8, 4) is 5.75 Å². The third-order valence-corrected chi connectivity index (χ3v) is 6.16. The molecule has 156 valence electrons. The van der Waals surface area contributed by atoms with Gasteiger partial charge in [-0.05, 0) is 48.7 Å². The van der Waals surface area contributed by atoms with Gasteiger partial charge in [0.05, 0.1) is 17.1 Å². The van der Waals surface area contributed by atoms with Gasteiger partial charge in [0.25, 0.3) is 0 Å². The second kappa shape index (κ2) is 7.78. The molecular weight excluding hydrogens is 410 g/mol. The third kappa shape index (κ3) is 3.57. The average molecular weight is 432 g/mol. The SMILES string of the molecule is Cc1cccc(N2COc3c(Cl)cc4c(C)c(Cc5ccccc5)c(=O)oc4c3C2)c1.